The Bertz CT molecular complexity index is 87.7. The van der Waals surface area contributed by atoms with Gasteiger partial charge >= 0.3 is 0 Å². The number of rotatable bonds is 4. The SMILES string of the molecule is CC(C)C(N)CN(C)C(C)C. The summed E-state index contributed by atoms with van der Waals surface area (Å²) >= 11 is 0. The van der Waals surface area contributed by atoms with Crippen molar-refractivity contribution in [3.8, 4) is 0 Å². The van der Waals surface area contributed by atoms with Crippen LogP contribution in [0.2, 0.25) is 0 Å². The molecule has 2 N–H and O–H groups in total. The van der Waals surface area contributed by atoms with E-state index >= 15 is 0 Å². The molecule has 0 saturated carbocycles. The zero-order chi connectivity index (χ0) is 9.02. The fraction of sp³-hybridized carbons (Fsp3) is 1.00. The lowest BCUT2D eigenvalue weighted by atomic mass is 10.1. The Morgan fingerprint density at radius 3 is 1.91 bits per heavy atom. The molecule has 0 radical (unpaired) electrons. The molecule has 11 heavy (non-hydrogen) atoms. The van der Waals surface area contributed by atoms with Crippen LogP contribution in [-0.2, 0) is 0 Å². The zero-order valence-electron chi connectivity index (χ0n) is 8.46. The van der Waals surface area contributed by atoms with Crippen molar-refractivity contribution in [3.63, 3.8) is 0 Å². The Kier molecular flexibility index (Phi) is 4.69. The number of nitrogens with two attached hydrogens (primary N) is 1. The average molecular weight is 158 g/mol. The third kappa shape index (κ3) is 4.38. The second-order valence-corrected chi connectivity index (χ2v) is 3.94. The molecule has 0 aromatic rings. The van der Waals surface area contributed by atoms with Crippen molar-refractivity contribution in [2.75, 3.05) is 13.6 Å². The molecule has 0 rings (SSSR count). The van der Waals surface area contributed by atoms with Gasteiger partial charge in [-0.05, 0) is 26.8 Å². The van der Waals surface area contributed by atoms with Gasteiger partial charge < -0.3 is 10.6 Å². The molecule has 0 aliphatic carbocycles. The standard InChI is InChI=1S/C9H22N2/c1-7(2)9(10)6-11(5)8(3)4/h7-9H,6,10H2,1-5H3. The summed E-state index contributed by atoms with van der Waals surface area (Å²) in [4.78, 5) is 2.28. The number of hydrogen-bond donors (Lipinski definition) is 1. The lowest BCUT2D eigenvalue weighted by Gasteiger charge is -2.26. The van der Waals surface area contributed by atoms with Gasteiger partial charge in [-0.25, -0.2) is 0 Å². The highest BCUT2D eigenvalue weighted by atomic mass is 15.1. The van der Waals surface area contributed by atoms with Crippen molar-refractivity contribution in [2.24, 2.45) is 11.7 Å². The summed E-state index contributed by atoms with van der Waals surface area (Å²) in [5.41, 5.74) is 5.91. The van der Waals surface area contributed by atoms with Gasteiger partial charge in [-0.2, -0.15) is 0 Å². The largest absolute Gasteiger partial charge is 0.326 e. The maximum Gasteiger partial charge on any atom is 0.0191 e. The van der Waals surface area contributed by atoms with Gasteiger partial charge in [0.1, 0.15) is 0 Å². The van der Waals surface area contributed by atoms with Crippen LogP contribution in [0.3, 0.4) is 0 Å². The van der Waals surface area contributed by atoms with Gasteiger partial charge in [-0.3, -0.25) is 0 Å². The highest BCUT2D eigenvalue weighted by Gasteiger charge is 2.11. The fourth-order valence-electron chi connectivity index (χ4n) is 0.754. The van der Waals surface area contributed by atoms with E-state index < -0.39 is 0 Å². The van der Waals surface area contributed by atoms with Crippen LogP contribution in [0.4, 0.5) is 0 Å². The summed E-state index contributed by atoms with van der Waals surface area (Å²) in [6, 6.07) is 0.905. The molecule has 1 atom stereocenters. The molecule has 0 aromatic heterocycles. The van der Waals surface area contributed by atoms with Crippen molar-refractivity contribution in [1.82, 2.24) is 4.90 Å². The van der Waals surface area contributed by atoms with E-state index in [2.05, 4.69) is 39.6 Å². The summed E-state index contributed by atoms with van der Waals surface area (Å²) in [5.74, 6) is 0.580. The molecule has 0 fully saturated rings. The molecule has 0 aliphatic heterocycles. The minimum absolute atomic E-state index is 0.308. The van der Waals surface area contributed by atoms with Crippen LogP contribution in [-0.4, -0.2) is 30.6 Å². The maximum absolute atomic E-state index is 5.91. The number of hydrogen-bond acceptors (Lipinski definition) is 2. The molecule has 0 amide bonds. The van der Waals surface area contributed by atoms with Gasteiger partial charge in [0.15, 0.2) is 0 Å². The summed E-state index contributed by atoms with van der Waals surface area (Å²) in [7, 11) is 2.12. The van der Waals surface area contributed by atoms with Crippen molar-refractivity contribution < 1.29 is 0 Å². The van der Waals surface area contributed by atoms with Crippen LogP contribution in [0.1, 0.15) is 27.7 Å². The van der Waals surface area contributed by atoms with E-state index in [1.54, 1.807) is 0 Å². The second-order valence-electron chi connectivity index (χ2n) is 3.94. The van der Waals surface area contributed by atoms with Gasteiger partial charge in [0.05, 0.1) is 0 Å². The van der Waals surface area contributed by atoms with E-state index in [9.17, 15) is 0 Å². The normalized spacial score (nSPS) is 15.0. The summed E-state index contributed by atoms with van der Waals surface area (Å²) in [6.07, 6.45) is 0. The number of nitrogens with zero attached hydrogens (tertiary/aromatic N) is 1. The monoisotopic (exact) mass is 158 g/mol. The van der Waals surface area contributed by atoms with Crippen LogP contribution < -0.4 is 5.73 Å². The van der Waals surface area contributed by atoms with Gasteiger partial charge in [0.25, 0.3) is 0 Å². The van der Waals surface area contributed by atoms with E-state index in [0.717, 1.165) is 6.54 Å². The molecular formula is C9H22N2. The van der Waals surface area contributed by atoms with Crippen LogP contribution >= 0.6 is 0 Å². The van der Waals surface area contributed by atoms with Gasteiger partial charge in [-0.1, -0.05) is 13.8 Å². The third-order valence-corrected chi connectivity index (χ3v) is 2.24. The van der Waals surface area contributed by atoms with Gasteiger partial charge in [0, 0.05) is 18.6 Å². The smallest absolute Gasteiger partial charge is 0.0191 e. The Morgan fingerprint density at radius 2 is 1.64 bits per heavy atom. The van der Waals surface area contributed by atoms with Crippen LogP contribution in [0.15, 0.2) is 0 Å². The van der Waals surface area contributed by atoms with Crippen LogP contribution in [0, 0.1) is 5.92 Å². The molecule has 0 spiro atoms. The first-order chi connectivity index (χ1) is 4.95. The number of likely N-dealkylation sites (N-methyl/N-ethyl adjacent to an activating group) is 1. The van der Waals surface area contributed by atoms with E-state index in [1.165, 1.54) is 0 Å². The predicted molar refractivity (Wildman–Crippen MR) is 50.6 cm³/mol. The summed E-state index contributed by atoms with van der Waals surface area (Å²) in [5, 5.41) is 0. The molecule has 0 aromatic carbocycles. The first kappa shape index (κ1) is 10.9. The summed E-state index contributed by atoms with van der Waals surface area (Å²) < 4.78 is 0. The first-order valence-electron chi connectivity index (χ1n) is 4.41. The highest BCUT2D eigenvalue weighted by Crippen LogP contribution is 2.02. The minimum atomic E-state index is 0.308. The maximum atomic E-state index is 5.91. The van der Waals surface area contributed by atoms with E-state index in [1.807, 2.05) is 0 Å². The van der Waals surface area contributed by atoms with Crippen molar-refractivity contribution in [1.29, 1.82) is 0 Å². The van der Waals surface area contributed by atoms with Gasteiger partial charge in [0.2, 0.25) is 0 Å². The Balaban J connectivity index is 3.66. The summed E-state index contributed by atoms with van der Waals surface area (Å²) in [6.45, 7) is 9.70. The molecular weight excluding hydrogens is 136 g/mol. The second kappa shape index (κ2) is 4.73. The van der Waals surface area contributed by atoms with Gasteiger partial charge in [-0.15, -0.1) is 0 Å². The molecule has 0 saturated heterocycles. The Hall–Kier alpha value is -0.0800. The minimum Gasteiger partial charge on any atom is -0.326 e. The highest BCUT2D eigenvalue weighted by molar-refractivity contribution is 4.70. The van der Waals surface area contributed by atoms with E-state index in [0.29, 0.717) is 18.0 Å². The molecule has 1 unspecified atom stereocenters. The molecule has 0 aliphatic rings. The van der Waals surface area contributed by atoms with Crippen LogP contribution in [0.25, 0.3) is 0 Å². The molecule has 2 heteroatoms. The van der Waals surface area contributed by atoms with E-state index in [4.69, 9.17) is 5.73 Å². The van der Waals surface area contributed by atoms with E-state index in [-0.39, 0.29) is 0 Å². The molecule has 2 nitrogen and oxygen atoms in total. The average Bonchev–Trinajstić information content (AvgIpc) is 1.87. The topological polar surface area (TPSA) is 29.3 Å². The van der Waals surface area contributed by atoms with Crippen LogP contribution in [0.5, 0.6) is 0 Å². The third-order valence-electron chi connectivity index (χ3n) is 2.24. The zero-order valence-corrected chi connectivity index (χ0v) is 8.46. The van der Waals surface area contributed by atoms with Crippen molar-refractivity contribution in [2.45, 2.75) is 39.8 Å². The lowest BCUT2D eigenvalue weighted by Crippen LogP contribution is -2.41. The fourth-order valence-corrected chi connectivity index (χ4v) is 0.754. The van der Waals surface area contributed by atoms with Crippen molar-refractivity contribution >= 4 is 0 Å². The first-order valence-corrected chi connectivity index (χ1v) is 4.41. The van der Waals surface area contributed by atoms with Crippen molar-refractivity contribution in [3.05, 3.63) is 0 Å². The molecule has 0 bridgehead atoms. The predicted octanol–water partition coefficient (Wildman–Crippen LogP) is 1.31. The quantitative estimate of drug-likeness (QED) is 0.668. The molecule has 0 heterocycles. The Labute approximate surface area is 70.8 Å². The molecule has 68 valence electrons. The Morgan fingerprint density at radius 1 is 1.18 bits per heavy atom. The lowest BCUT2D eigenvalue weighted by molar-refractivity contribution is 0.238.